The van der Waals surface area contributed by atoms with E-state index in [1.807, 2.05) is 38.1 Å². The highest BCUT2D eigenvalue weighted by Crippen LogP contribution is 2.32. The summed E-state index contributed by atoms with van der Waals surface area (Å²) in [5.74, 6) is 0.658. The van der Waals surface area contributed by atoms with Gasteiger partial charge in [-0.05, 0) is 50.2 Å². The Labute approximate surface area is 200 Å². The van der Waals surface area contributed by atoms with Gasteiger partial charge in [-0.25, -0.2) is 8.42 Å². The molecule has 0 saturated carbocycles. The number of thioether (sulfide) groups is 1. The van der Waals surface area contributed by atoms with Crippen LogP contribution >= 0.6 is 11.8 Å². The maximum Gasteiger partial charge on any atom is 0.264 e. The number of methoxy groups -OCH3 is 1. The second-order valence-electron chi connectivity index (χ2n) is 7.51. The summed E-state index contributed by atoms with van der Waals surface area (Å²) in [5.41, 5.74) is 2.45. The molecular weight excluding hydrogens is 456 g/mol. The van der Waals surface area contributed by atoms with Crippen molar-refractivity contribution < 1.29 is 17.9 Å². The molecule has 0 saturated heterocycles. The molecule has 3 rings (SSSR count). The van der Waals surface area contributed by atoms with Crippen LogP contribution in [0.5, 0.6) is 5.75 Å². The van der Waals surface area contributed by atoms with Gasteiger partial charge in [-0.2, -0.15) is 0 Å². The molecule has 0 radical (unpaired) electrons. The van der Waals surface area contributed by atoms with E-state index in [2.05, 4.69) is 5.32 Å². The molecule has 3 aromatic carbocycles. The summed E-state index contributed by atoms with van der Waals surface area (Å²) in [6.45, 7) is 3.98. The fourth-order valence-electron chi connectivity index (χ4n) is 3.15. The van der Waals surface area contributed by atoms with Crippen LogP contribution < -0.4 is 14.4 Å². The van der Waals surface area contributed by atoms with Crippen LogP contribution in [0.25, 0.3) is 0 Å². The Bertz CT molecular complexity index is 1180. The number of nitrogens with zero attached hydrogens (tertiary/aromatic N) is 1. The number of carbonyl (C=O) groups is 1. The summed E-state index contributed by atoms with van der Waals surface area (Å²) in [6.07, 6.45) is 0. The van der Waals surface area contributed by atoms with E-state index >= 15 is 0 Å². The Hall–Kier alpha value is -2.97. The summed E-state index contributed by atoms with van der Waals surface area (Å²) in [4.78, 5) is 14.0. The van der Waals surface area contributed by atoms with Crippen molar-refractivity contribution >= 4 is 33.4 Å². The minimum absolute atomic E-state index is 0.113. The number of anilines is 1. The lowest BCUT2D eigenvalue weighted by molar-refractivity contribution is -0.119. The molecule has 33 heavy (non-hydrogen) atoms. The van der Waals surface area contributed by atoms with E-state index in [9.17, 15) is 13.2 Å². The Morgan fingerprint density at radius 3 is 2.18 bits per heavy atom. The second-order valence-corrected chi connectivity index (χ2v) is 10.5. The maximum absolute atomic E-state index is 13.5. The molecule has 0 heterocycles. The summed E-state index contributed by atoms with van der Waals surface area (Å²) in [6, 6.07) is 21.5. The van der Waals surface area contributed by atoms with Gasteiger partial charge in [0.25, 0.3) is 10.0 Å². The predicted molar refractivity (Wildman–Crippen MR) is 134 cm³/mol. The number of nitrogens with one attached hydrogen (secondary N) is 1. The molecule has 0 aliphatic carbocycles. The Balaban J connectivity index is 1.74. The number of rotatable bonds is 10. The number of hydrogen-bond donors (Lipinski definition) is 1. The molecule has 0 spiro atoms. The Kier molecular flexibility index (Phi) is 8.41. The van der Waals surface area contributed by atoms with Crippen molar-refractivity contribution in [3.63, 3.8) is 0 Å². The van der Waals surface area contributed by atoms with Crippen LogP contribution in [0.3, 0.4) is 0 Å². The molecule has 1 amide bonds. The van der Waals surface area contributed by atoms with Crippen LogP contribution in [0.15, 0.2) is 82.6 Å². The highest BCUT2D eigenvalue weighted by atomic mass is 32.2. The van der Waals surface area contributed by atoms with E-state index in [1.54, 1.807) is 60.3 Å². The Morgan fingerprint density at radius 1 is 0.939 bits per heavy atom. The number of hydrogen-bond acceptors (Lipinski definition) is 5. The fourth-order valence-corrected chi connectivity index (χ4v) is 5.35. The summed E-state index contributed by atoms with van der Waals surface area (Å²) in [5, 5.41) is 2.83. The SMILES string of the molecule is COc1ccccc1N(CC(=O)NCCSc1ccc(C)cc1)S(=O)(=O)c1ccc(C)cc1. The third-order valence-electron chi connectivity index (χ3n) is 4.96. The minimum Gasteiger partial charge on any atom is -0.495 e. The van der Waals surface area contributed by atoms with Gasteiger partial charge in [-0.15, -0.1) is 11.8 Å². The van der Waals surface area contributed by atoms with Crippen LogP contribution in [0.4, 0.5) is 5.69 Å². The van der Waals surface area contributed by atoms with Crippen LogP contribution in [-0.4, -0.2) is 40.3 Å². The van der Waals surface area contributed by atoms with Crippen molar-refractivity contribution in [1.29, 1.82) is 0 Å². The summed E-state index contributed by atoms with van der Waals surface area (Å²) < 4.78 is 33.4. The minimum atomic E-state index is -3.99. The van der Waals surface area contributed by atoms with Crippen molar-refractivity contribution in [3.8, 4) is 5.75 Å². The standard InChI is InChI=1S/C25H28N2O4S2/c1-19-8-12-21(13-9-19)32-17-16-26-25(28)18-27(23-6-4-5-7-24(23)31-3)33(29,30)22-14-10-20(2)11-15-22/h4-15H,16-18H2,1-3H3,(H,26,28). The molecule has 0 bridgehead atoms. The van der Waals surface area contributed by atoms with Crippen molar-refractivity contribution in [2.45, 2.75) is 23.6 Å². The molecule has 8 heteroatoms. The Morgan fingerprint density at radius 2 is 1.55 bits per heavy atom. The van der Waals surface area contributed by atoms with E-state index in [0.29, 0.717) is 23.7 Å². The monoisotopic (exact) mass is 484 g/mol. The van der Waals surface area contributed by atoms with Crippen LogP contribution in [0, 0.1) is 13.8 Å². The van der Waals surface area contributed by atoms with Gasteiger partial charge in [0, 0.05) is 17.2 Å². The first-order valence-corrected chi connectivity index (χ1v) is 12.9. The molecule has 6 nitrogen and oxygen atoms in total. The molecule has 0 atom stereocenters. The fraction of sp³-hybridized carbons (Fsp3) is 0.240. The molecule has 0 aromatic heterocycles. The average Bonchev–Trinajstić information content (AvgIpc) is 2.81. The lowest BCUT2D eigenvalue weighted by Crippen LogP contribution is -2.41. The molecule has 1 N–H and O–H groups in total. The number of aryl methyl sites for hydroxylation is 2. The number of sulfonamides is 1. The van der Waals surface area contributed by atoms with Crippen molar-refractivity contribution in [2.24, 2.45) is 0 Å². The normalized spacial score (nSPS) is 11.1. The number of para-hydroxylation sites is 2. The van der Waals surface area contributed by atoms with E-state index in [-0.39, 0.29) is 17.3 Å². The number of ether oxygens (including phenoxy) is 1. The molecule has 3 aromatic rings. The van der Waals surface area contributed by atoms with Crippen molar-refractivity contribution in [2.75, 3.05) is 30.3 Å². The smallest absolute Gasteiger partial charge is 0.264 e. The van der Waals surface area contributed by atoms with Gasteiger partial charge in [-0.3, -0.25) is 9.10 Å². The van der Waals surface area contributed by atoms with E-state index < -0.39 is 10.0 Å². The quantitative estimate of drug-likeness (QED) is 0.341. The van der Waals surface area contributed by atoms with E-state index in [1.165, 1.54) is 12.7 Å². The third kappa shape index (κ3) is 6.52. The van der Waals surface area contributed by atoms with E-state index in [0.717, 1.165) is 14.8 Å². The lowest BCUT2D eigenvalue weighted by Gasteiger charge is -2.25. The zero-order valence-electron chi connectivity index (χ0n) is 18.9. The van der Waals surface area contributed by atoms with Crippen LogP contribution in [-0.2, 0) is 14.8 Å². The second kappa shape index (κ2) is 11.2. The van der Waals surface area contributed by atoms with Gasteiger partial charge in [0.05, 0.1) is 17.7 Å². The van der Waals surface area contributed by atoms with Gasteiger partial charge >= 0.3 is 0 Å². The molecule has 174 valence electrons. The lowest BCUT2D eigenvalue weighted by atomic mass is 10.2. The van der Waals surface area contributed by atoms with Crippen molar-refractivity contribution in [1.82, 2.24) is 5.32 Å². The van der Waals surface area contributed by atoms with Gasteiger partial charge in [-0.1, -0.05) is 47.5 Å². The summed E-state index contributed by atoms with van der Waals surface area (Å²) in [7, 11) is -2.52. The largest absolute Gasteiger partial charge is 0.495 e. The topological polar surface area (TPSA) is 75.7 Å². The van der Waals surface area contributed by atoms with Crippen LogP contribution in [0.2, 0.25) is 0 Å². The molecule has 0 aliphatic rings. The molecule has 0 unspecified atom stereocenters. The zero-order valence-corrected chi connectivity index (χ0v) is 20.6. The van der Waals surface area contributed by atoms with Gasteiger partial charge < -0.3 is 10.1 Å². The molecule has 0 aliphatic heterocycles. The first-order chi connectivity index (χ1) is 15.8. The molecular formula is C25H28N2O4S2. The van der Waals surface area contributed by atoms with Crippen molar-refractivity contribution in [3.05, 3.63) is 83.9 Å². The van der Waals surface area contributed by atoms with Gasteiger partial charge in [0.1, 0.15) is 12.3 Å². The third-order valence-corrected chi connectivity index (χ3v) is 7.75. The first kappa shape index (κ1) is 24.7. The summed E-state index contributed by atoms with van der Waals surface area (Å²) >= 11 is 1.63. The highest BCUT2D eigenvalue weighted by molar-refractivity contribution is 7.99. The average molecular weight is 485 g/mol. The highest BCUT2D eigenvalue weighted by Gasteiger charge is 2.29. The number of carbonyl (C=O) groups excluding carboxylic acids is 1. The molecule has 0 fully saturated rings. The van der Waals surface area contributed by atoms with Crippen LogP contribution in [0.1, 0.15) is 11.1 Å². The number of benzene rings is 3. The van der Waals surface area contributed by atoms with Gasteiger partial charge in [0.2, 0.25) is 5.91 Å². The number of amides is 1. The maximum atomic E-state index is 13.5. The first-order valence-electron chi connectivity index (χ1n) is 10.5. The predicted octanol–water partition coefficient (Wildman–Crippen LogP) is 4.42. The van der Waals surface area contributed by atoms with E-state index in [4.69, 9.17) is 4.74 Å². The zero-order chi connectivity index (χ0) is 23.8. The van der Waals surface area contributed by atoms with Gasteiger partial charge in [0.15, 0.2) is 0 Å².